The van der Waals surface area contributed by atoms with Crippen molar-refractivity contribution in [2.75, 3.05) is 0 Å². The Kier molecular flexibility index (Phi) is 3.32. The summed E-state index contributed by atoms with van der Waals surface area (Å²) < 4.78 is 37.8. The molecule has 6 heteroatoms. The molecule has 0 saturated carbocycles. The highest BCUT2D eigenvalue weighted by Crippen LogP contribution is 2.30. The van der Waals surface area contributed by atoms with E-state index in [1.165, 1.54) is 0 Å². The second-order valence-electron chi connectivity index (χ2n) is 3.27. The SMILES string of the molecule is FC(F)(F)c1cc(-c2ccccc2)nc(I)n1. The number of alkyl halides is 3. The minimum atomic E-state index is -4.45. The third kappa shape index (κ3) is 2.93. The molecule has 17 heavy (non-hydrogen) atoms. The van der Waals surface area contributed by atoms with E-state index in [1.54, 1.807) is 52.9 Å². The largest absolute Gasteiger partial charge is 0.433 e. The van der Waals surface area contributed by atoms with Crippen molar-refractivity contribution in [2.45, 2.75) is 6.18 Å². The lowest BCUT2D eigenvalue weighted by atomic mass is 10.1. The van der Waals surface area contributed by atoms with E-state index in [1.807, 2.05) is 0 Å². The molecule has 0 bridgehead atoms. The fourth-order valence-electron chi connectivity index (χ4n) is 1.32. The molecule has 0 aliphatic rings. The van der Waals surface area contributed by atoms with Gasteiger partial charge in [0.25, 0.3) is 0 Å². The molecule has 0 saturated heterocycles. The summed E-state index contributed by atoms with van der Waals surface area (Å²) in [7, 11) is 0. The number of hydrogen-bond acceptors (Lipinski definition) is 2. The van der Waals surface area contributed by atoms with Gasteiger partial charge in [-0.15, -0.1) is 0 Å². The van der Waals surface area contributed by atoms with Crippen LogP contribution in [0.5, 0.6) is 0 Å². The van der Waals surface area contributed by atoms with Crippen LogP contribution in [0.2, 0.25) is 0 Å². The maximum absolute atomic E-state index is 12.6. The first kappa shape index (κ1) is 12.3. The lowest BCUT2D eigenvalue weighted by Crippen LogP contribution is -2.10. The topological polar surface area (TPSA) is 25.8 Å². The van der Waals surface area contributed by atoms with E-state index < -0.39 is 11.9 Å². The van der Waals surface area contributed by atoms with Gasteiger partial charge >= 0.3 is 6.18 Å². The molecule has 0 radical (unpaired) electrons. The Morgan fingerprint density at radius 2 is 1.65 bits per heavy atom. The Hall–Kier alpha value is -1.18. The Morgan fingerprint density at radius 3 is 2.24 bits per heavy atom. The number of nitrogens with zero attached hydrogens (tertiary/aromatic N) is 2. The average molecular weight is 350 g/mol. The standard InChI is InChI=1S/C11H6F3IN2/c12-11(13,14)9-6-8(16-10(15)17-9)7-4-2-1-3-5-7/h1-6H. The van der Waals surface area contributed by atoms with Crippen LogP contribution in [0.15, 0.2) is 36.4 Å². The maximum Gasteiger partial charge on any atom is 0.433 e. The van der Waals surface area contributed by atoms with Gasteiger partial charge in [-0.2, -0.15) is 13.2 Å². The highest BCUT2D eigenvalue weighted by atomic mass is 127. The normalized spacial score (nSPS) is 11.5. The quantitative estimate of drug-likeness (QED) is 0.578. The smallest absolute Gasteiger partial charge is 0.223 e. The van der Waals surface area contributed by atoms with Crippen molar-refractivity contribution in [1.29, 1.82) is 0 Å². The molecule has 1 heterocycles. The van der Waals surface area contributed by atoms with Crippen LogP contribution in [0.4, 0.5) is 13.2 Å². The number of benzene rings is 1. The molecule has 0 amide bonds. The number of rotatable bonds is 1. The van der Waals surface area contributed by atoms with Gasteiger partial charge in [0.15, 0.2) is 3.83 Å². The van der Waals surface area contributed by atoms with E-state index in [2.05, 4.69) is 9.97 Å². The predicted octanol–water partition coefficient (Wildman–Crippen LogP) is 3.77. The minimum absolute atomic E-state index is 0.0799. The van der Waals surface area contributed by atoms with Gasteiger partial charge in [0.1, 0.15) is 5.69 Å². The van der Waals surface area contributed by atoms with E-state index in [9.17, 15) is 13.2 Å². The summed E-state index contributed by atoms with van der Waals surface area (Å²) in [5.41, 5.74) is -0.00797. The van der Waals surface area contributed by atoms with Gasteiger partial charge in [0.05, 0.1) is 5.69 Å². The molecule has 0 atom stereocenters. The fourth-order valence-corrected chi connectivity index (χ4v) is 1.84. The molecule has 2 nitrogen and oxygen atoms in total. The van der Waals surface area contributed by atoms with Crippen LogP contribution in [-0.4, -0.2) is 9.97 Å². The van der Waals surface area contributed by atoms with Gasteiger partial charge in [0.2, 0.25) is 0 Å². The number of hydrogen-bond donors (Lipinski definition) is 0. The van der Waals surface area contributed by atoms with Crippen molar-refractivity contribution in [3.63, 3.8) is 0 Å². The van der Waals surface area contributed by atoms with Crippen molar-refractivity contribution >= 4 is 22.6 Å². The van der Waals surface area contributed by atoms with Gasteiger partial charge < -0.3 is 0 Å². The second kappa shape index (κ2) is 4.59. The maximum atomic E-state index is 12.6. The molecule has 1 aromatic heterocycles. The first-order valence-corrected chi connectivity index (χ1v) is 5.72. The van der Waals surface area contributed by atoms with Crippen molar-refractivity contribution in [2.24, 2.45) is 0 Å². The number of aromatic nitrogens is 2. The molecular weight excluding hydrogens is 344 g/mol. The highest BCUT2D eigenvalue weighted by molar-refractivity contribution is 14.1. The molecule has 0 spiro atoms. The van der Waals surface area contributed by atoms with Crippen LogP contribution in [0.3, 0.4) is 0 Å². The summed E-state index contributed by atoms with van der Waals surface area (Å²) in [5, 5.41) is 0. The van der Waals surface area contributed by atoms with Crippen molar-refractivity contribution in [3.05, 3.63) is 45.9 Å². The lowest BCUT2D eigenvalue weighted by Gasteiger charge is -2.08. The minimum Gasteiger partial charge on any atom is -0.223 e. The molecule has 0 N–H and O–H groups in total. The Labute approximate surface area is 109 Å². The Bertz CT molecular complexity index is 526. The fraction of sp³-hybridized carbons (Fsp3) is 0.0909. The van der Waals surface area contributed by atoms with Crippen molar-refractivity contribution in [3.8, 4) is 11.3 Å². The summed E-state index contributed by atoms with van der Waals surface area (Å²) in [6.07, 6.45) is -4.45. The summed E-state index contributed by atoms with van der Waals surface area (Å²) in [6.45, 7) is 0. The van der Waals surface area contributed by atoms with E-state index in [0.717, 1.165) is 6.07 Å². The van der Waals surface area contributed by atoms with Gasteiger partial charge in [-0.3, -0.25) is 0 Å². The molecule has 88 valence electrons. The van der Waals surface area contributed by atoms with Crippen LogP contribution in [0.1, 0.15) is 5.69 Å². The van der Waals surface area contributed by atoms with Crippen LogP contribution in [0, 0.1) is 3.83 Å². The van der Waals surface area contributed by atoms with Crippen molar-refractivity contribution < 1.29 is 13.2 Å². The molecule has 0 aliphatic carbocycles. The molecule has 2 rings (SSSR count). The summed E-state index contributed by atoms with van der Waals surface area (Å²) in [6, 6.07) is 9.66. The Morgan fingerprint density at radius 1 is 1.00 bits per heavy atom. The highest BCUT2D eigenvalue weighted by Gasteiger charge is 2.33. The monoisotopic (exact) mass is 350 g/mol. The zero-order chi connectivity index (χ0) is 12.5. The molecular formula is C11H6F3IN2. The van der Waals surface area contributed by atoms with Gasteiger partial charge in [-0.1, -0.05) is 30.3 Å². The molecule has 0 fully saturated rings. The van der Waals surface area contributed by atoms with E-state index in [0.29, 0.717) is 5.56 Å². The third-order valence-corrected chi connectivity index (χ3v) is 2.54. The van der Waals surface area contributed by atoms with Crippen LogP contribution >= 0.6 is 22.6 Å². The molecule has 2 aromatic rings. The molecule has 0 aliphatic heterocycles. The lowest BCUT2D eigenvalue weighted by molar-refractivity contribution is -0.141. The molecule has 1 aromatic carbocycles. The van der Waals surface area contributed by atoms with Gasteiger partial charge in [0, 0.05) is 28.2 Å². The summed E-state index contributed by atoms with van der Waals surface area (Å²) in [5.74, 6) is 0. The third-order valence-electron chi connectivity index (χ3n) is 2.06. The first-order chi connectivity index (χ1) is 7.97. The molecule has 0 unspecified atom stereocenters. The zero-order valence-electron chi connectivity index (χ0n) is 8.37. The predicted molar refractivity (Wildman–Crippen MR) is 65.2 cm³/mol. The summed E-state index contributed by atoms with van der Waals surface area (Å²) >= 11 is 1.68. The van der Waals surface area contributed by atoms with E-state index in [4.69, 9.17) is 0 Å². The van der Waals surface area contributed by atoms with Gasteiger partial charge in [-0.05, 0) is 6.07 Å². The van der Waals surface area contributed by atoms with Gasteiger partial charge in [-0.25, -0.2) is 9.97 Å². The van der Waals surface area contributed by atoms with E-state index in [-0.39, 0.29) is 9.53 Å². The Balaban J connectivity index is 2.54. The average Bonchev–Trinajstić information content (AvgIpc) is 2.28. The van der Waals surface area contributed by atoms with E-state index >= 15 is 0 Å². The van der Waals surface area contributed by atoms with Crippen LogP contribution in [-0.2, 0) is 6.18 Å². The first-order valence-electron chi connectivity index (χ1n) is 4.64. The number of halogens is 4. The van der Waals surface area contributed by atoms with Crippen molar-refractivity contribution in [1.82, 2.24) is 9.97 Å². The zero-order valence-corrected chi connectivity index (χ0v) is 10.5. The second-order valence-corrected chi connectivity index (χ2v) is 4.24. The summed E-state index contributed by atoms with van der Waals surface area (Å²) in [4.78, 5) is 7.37. The van der Waals surface area contributed by atoms with Crippen LogP contribution in [0.25, 0.3) is 11.3 Å². The van der Waals surface area contributed by atoms with Crippen LogP contribution < -0.4 is 0 Å².